The second kappa shape index (κ2) is 6.08. The lowest BCUT2D eigenvalue weighted by atomic mass is 10.1. The zero-order valence-corrected chi connectivity index (χ0v) is 10.7. The van der Waals surface area contributed by atoms with Gasteiger partial charge in [0.2, 0.25) is 0 Å². The predicted molar refractivity (Wildman–Crippen MR) is 69.4 cm³/mol. The van der Waals surface area contributed by atoms with Gasteiger partial charge in [0.25, 0.3) is 5.91 Å². The predicted octanol–water partition coefficient (Wildman–Crippen LogP) is 0.784. The van der Waals surface area contributed by atoms with Crippen molar-refractivity contribution in [3.05, 3.63) is 23.8 Å². The van der Waals surface area contributed by atoms with Crippen LogP contribution in [0, 0.1) is 0 Å². The SMILES string of the molecule is COC(=O)CCNC(=O)c1cccc2c1OCCN2. The van der Waals surface area contributed by atoms with Gasteiger partial charge in [0.1, 0.15) is 6.61 Å². The molecule has 0 radical (unpaired) electrons. The van der Waals surface area contributed by atoms with Crippen molar-refractivity contribution in [3.8, 4) is 5.75 Å². The fourth-order valence-corrected chi connectivity index (χ4v) is 1.82. The molecule has 19 heavy (non-hydrogen) atoms. The molecular weight excluding hydrogens is 248 g/mol. The van der Waals surface area contributed by atoms with E-state index in [4.69, 9.17) is 4.74 Å². The fraction of sp³-hybridized carbons (Fsp3) is 0.385. The Balaban J connectivity index is 2.01. The molecule has 0 aliphatic carbocycles. The minimum Gasteiger partial charge on any atom is -0.489 e. The zero-order valence-electron chi connectivity index (χ0n) is 10.7. The van der Waals surface area contributed by atoms with Gasteiger partial charge in [0.15, 0.2) is 5.75 Å². The first kappa shape index (κ1) is 13.2. The smallest absolute Gasteiger partial charge is 0.307 e. The molecule has 1 aliphatic heterocycles. The summed E-state index contributed by atoms with van der Waals surface area (Å²) in [4.78, 5) is 23.0. The van der Waals surface area contributed by atoms with Crippen LogP contribution in [0.25, 0.3) is 0 Å². The quantitative estimate of drug-likeness (QED) is 0.786. The molecule has 2 N–H and O–H groups in total. The Morgan fingerprint density at radius 3 is 3.11 bits per heavy atom. The number of fused-ring (bicyclic) bond motifs is 1. The molecule has 6 heteroatoms. The number of esters is 1. The minimum atomic E-state index is -0.353. The van der Waals surface area contributed by atoms with Crippen LogP contribution in [0.1, 0.15) is 16.8 Å². The van der Waals surface area contributed by atoms with E-state index in [0.29, 0.717) is 17.9 Å². The number of carbonyl (C=O) groups is 2. The first-order valence-electron chi connectivity index (χ1n) is 6.07. The number of rotatable bonds is 4. The van der Waals surface area contributed by atoms with Gasteiger partial charge in [-0.1, -0.05) is 6.07 Å². The van der Waals surface area contributed by atoms with Gasteiger partial charge in [-0.25, -0.2) is 0 Å². The molecule has 2 rings (SSSR count). The van der Waals surface area contributed by atoms with E-state index in [9.17, 15) is 9.59 Å². The van der Waals surface area contributed by atoms with Crippen LogP contribution < -0.4 is 15.4 Å². The van der Waals surface area contributed by atoms with Crippen LogP contribution >= 0.6 is 0 Å². The Morgan fingerprint density at radius 2 is 2.32 bits per heavy atom. The van der Waals surface area contributed by atoms with Gasteiger partial charge in [-0.05, 0) is 12.1 Å². The maximum Gasteiger partial charge on any atom is 0.307 e. The van der Waals surface area contributed by atoms with Crippen molar-refractivity contribution in [3.63, 3.8) is 0 Å². The van der Waals surface area contributed by atoms with Crippen LogP contribution in [-0.4, -0.2) is 38.7 Å². The van der Waals surface area contributed by atoms with E-state index >= 15 is 0 Å². The monoisotopic (exact) mass is 264 g/mol. The number of para-hydroxylation sites is 1. The number of carbonyl (C=O) groups excluding carboxylic acids is 2. The summed E-state index contributed by atoms with van der Waals surface area (Å²) in [6.45, 7) is 1.49. The third-order valence-electron chi connectivity index (χ3n) is 2.77. The first-order valence-corrected chi connectivity index (χ1v) is 6.07. The lowest BCUT2D eigenvalue weighted by Gasteiger charge is -2.21. The summed E-state index contributed by atoms with van der Waals surface area (Å²) in [5.41, 5.74) is 1.28. The number of ether oxygens (including phenoxy) is 2. The van der Waals surface area contributed by atoms with E-state index in [0.717, 1.165) is 12.2 Å². The molecule has 1 aromatic rings. The van der Waals surface area contributed by atoms with Crippen LogP contribution in [-0.2, 0) is 9.53 Å². The summed E-state index contributed by atoms with van der Waals surface area (Å²) in [5.74, 6) is -0.0536. The molecule has 1 amide bonds. The number of nitrogens with one attached hydrogen (secondary N) is 2. The summed E-state index contributed by atoms with van der Waals surface area (Å²) < 4.78 is 10.0. The zero-order chi connectivity index (χ0) is 13.7. The third kappa shape index (κ3) is 3.15. The second-order valence-corrected chi connectivity index (χ2v) is 4.04. The first-order chi connectivity index (χ1) is 9.22. The van der Waals surface area contributed by atoms with E-state index in [1.165, 1.54) is 7.11 Å². The minimum absolute atomic E-state index is 0.149. The second-order valence-electron chi connectivity index (χ2n) is 4.04. The molecule has 0 saturated heterocycles. The molecule has 0 atom stereocenters. The Morgan fingerprint density at radius 1 is 1.47 bits per heavy atom. The molecule has 0 fully saturated rings. The molecule has 0 unspecified atom stereocenters. The largest absolute Gasteiger partial charge is 0.489 e. The lowest BCUT2D eigenvalue weighted by Crippen LogP contribution is -2.28. The number of hydrogen-bond donors (Lipinski definition) is 2. The van der Waals surface area contributed by atoms with Gasteiger partial charge in [0, 0.05) is 13.1 Å². The van der Waals surface area contributed by atoms with E-state index in [-0.39, 0.29) is 24.8 Å². The number of anilines is 1. The highest BCUT2D eigenvalue weighted by Gasteiger charge is 2.18. The van der Waals surface area contributed by atoms with Gasteiger partial charge in [-0.2, -0.15) is 0 Å². The van der Waals surface area contributed by atoms with Gasteiger partial charge in [-0.3, -0.25) is 9.59 Å². The maximum absolute atomic E-state index is 12.0. The fourth-order valence-electron chi connectivity index (χ4n) is 1.82. The summed E-state index contributed by atoms with van der Waals surface area (Å²) in [6.07, 6.45) is 0.149. The molecular formula is C13H16N2O4. The standard InChI is InChI=1S/C13H16N2O4/c1-18-11(16)5-6-15-13(17)9-3-2-4-10-12(9)19-8-7-14-10/h2-4,14H,5-8H2,1H3,(H,15,17). The van der Waals surface area contributed by atoms with Crippen LogP contribution in [0.3, 0.4) is 0 Å². The van der Waals surface area contributed by atoms with Gasteiger partial charge in [0.05, 0.1) is 24.8 Å². The molecule has 0 spiro atoms. The lowest BCUT2D eigenvalue weighted by molar-refractivity contribution is -0.140. The number of benzene rings is 1. The van der Waals surface area contributed by atoms with Crippen molar-refractivity contribution in [1.29, 1.82) is 0 Å². The van der Waals surface area contributed by atoms with Crippen molar-refractivity contribution in [2.45, 2.75) is 6.42 Å². The molecule has 1 aliphatic rings. The van der Waals surface area contributed by atoms with Crippen molar-refractivity contribution in [2.75, 3.05) is 32.1 Å². The van der Waals surface area contributed by atoms with Crippen molar-refractivity contribution in [2.24, 2.45) is 0 Å². The Kier molecular flexibility index (Phi) is 4.22. The van der Waals surface area contributed by atoms with Gasteiger partial charge in [-0.15, -0.1) is 0 Å². The topological polar surface area (TPSA) is 76.7 Å². The van der Waals surface area contributed by atoms with Crippen molar-refractivity contribution >= 4 is 17.6 Å². The molecule has 102 valence electrons. The summed E-state index contributed by atoms with van der Waals surface area (Å²) >= 11 is 0. The van der Waals surface area contributed by atoms with Crippen LogP contribution in [0.15, 0.2) is 18.2 Å². The van der Waals surface area contributed by atoms with Crippen LogP contribution in [0.2, 0.25) is 0 Å². The van der Waals surface area contributed by atoms with E-state index in [1.807, 2.05) is 6.07 Å². The summed E-state index contributed by atoms with van der Waals surface area (Å²) in [5, 5.41) is 5.83. The highest BCUT2D eigenvalue weighted by atomic mass is 16.5. The molecule has 6 nitrogen and oxygen atoms in total. The molecule has 1 aromatic carbocycles. The van der Waals surface area contributed by atoms with E-state index in [2.05, 4.69) is 15.4 Å². The number of amides is 1. The normalized spacial score (nSPS) is 12.7. The molecule has 0 aromatic heterocycles. The maximum atomic E-state index is 12.0. The van der Waals surface area contributed by atoms with Crippen LogP contribution in [0.5, 0.6) is 5.75 Å². The Bertz CT molecular complexity index is 488. The summed E-state index contributed by atoms with van der Waals surface area (Å²) in [6, 6.07) is 5.34. The van der Waals surface area contributed by atoms with Crippen LogP contribution in [0.4, 0.5) is 5.69 Å². The Hall–Kier alpha value is -2.24. The molecule has 0 saturated carbocycles. The third-order valence-corrected chi connectivity index (χ3v) is 2.77. The number of methoxy groups -OCH3 is 1. The van der Waals surface area contributed by atoms with Gasteiger partial charge >= 0.3 is 5.97 Å². The average Bonchev–Trinajstić information content (AvgIpc) is 2.46. The highest BCUT2D eigenvalue weighted by molar-refractivity contribution is 5.99. The molecule has 0 bridgehead atoms. The van der Waals surface area contributed by atoms with Crippen molar-refractivity contribution in [1.82, 2.24) is 5.32 Å². The van der Waals surface area contributed by atoms with Crippen molar-refractivity contribution < 1.29 is 19.1 Å². The van der Waals surface area contributed by atoms with Gasteiger partial charge < -0.3 is 20.1 Å². The average molecular weight is 264 g/mol. The van der Waals surface area contributed by atoms with E-state index < -0.39 is 0 Å². The molecule has 1 heterocycles. The Labute approximate surface area is 111 Å². The highest BCUT2D eigenvalue weighted by Crippen LogP contribution is 2.30. The number of hydrogen-bond acceptors (Lipinski definition) is 5. The van der Waals surface area contributed by atoms with E-state index in [1.54, 1.807) is 12.1 Å². The summed E-state index contributed by atoms with van der Waals surface area (Å²) in [7, 11) is 1.32.